The second kappa shape index (κ2) is 6.14. The van der Waals surface area contributed by atoms with Crippen molar-refractivity contribution in [2.75, 3.05) is 13.2 Å². The minimum Gasteiger partial charge on any atom is -0.410 e. The Balaban J connectivity index is 2.30. The molecule has 1 N–H and O–H groups in total. The van der Waals surface area contributed by atoms with Crippen molar-refractivity contribution in [2.45, 2.75) is 95.5 Å². The summed E-state index contributed by atoms with van der Waals surface area (Å²) in [5.41, 5.74) is -0.608. The molecule has 0 aromatic heterocycles. The van der Waals surface area contributed by atoms with Gasteiger partial charge in [-0.15, -0.1) is 0 Å². The quantitative estimate of drug-likeness (QED) is 0.761. The van der Waals surface area contributed by atoms with Crippen LogP contribution in [0.4, 0.5) is 0 Å². The molecule has 0 aromatic rings. The van der Waals surface area contributed by atoms with Gasteiger partial charge in [0, 0.05) is 6.42 Å². The van der Waals surface area contributed by atoms with E-state index in [1.165, 1.54) is 0 Å². The molecule has 2 rings (SSSR count). The highest BCUT2D eigenvalue weighted by molar-refractivity contribution is 6.74. The third kappa shape index (κ3) is 4.31. The molecule has 2 saturated heterocycles. The Bertz CT molecular complexity index is 467. The molecule has 2 fully saturated rings. The van der Waals surface area contributed by atoms with Crippen molar-refractivity contribution < 1.29 is 23.4 Å². The van der Waals surface area contributed by atoms with E-state index >= 15 is 0 Å². The third-order valence-electron chi connectivity index (χ3n) is 5.38. The molecule has 2 aliphatic rings. The Morgan fingerprint density at radius 3 is 2.04 bits per heavy atom. The topological polar surface area (TPSA) is 57.2 Å². The highest BCUT2D eigenvalue weighted by Crippen LogP contribution is 2.47. The van der Waals surface area contributed by atoms with Crippen LogP contribution in [-0.2, 0) is 18.3 Å². The van der Waals surface area contributed by atoms with E-state index in [9.17, 15) is 5.11 Å². The molecule has 5 nitrogen and oxygen atoms in total. The fraction of sp³-hybridized carbons (Fsp3) is 1.00. The first-order valence-electron chi connectivity index (χ1n) is 8.93. The lowest BCUT2D eigenvalue weighted by Crippen LogP contribution is -2.55. The van der Waals surface area contributed by atoms with Crippen LogP contribution >= 0.6 is 0 Å². The summed E-state index contributed by atoms with van der Waals surface area (Å²) in [7, 11) is -3.75. The van der Waals surface area contributed by atoms with E-state index in [0.29, 0.717) is 19.6 Å². The summed E-state index contributed by atoms with van der Waals surface area (Å²) in [4.78, 5) is 0. The summed E-state index contributed by atoms with van der Waals surface area (Å²) in [5, 5.41) is 10.4. The summed E-state index contributed by atoms with van der Waals surface area (Å²) < 4.78 is 25.0. The molecule has 2 aliphatic heterocycles. The van der Waals surface area contributed by atoms with Gasteiger partial charge in [-0.25, -0.2) is 0 Å². The van der Waals surface area contributed by atoms with E-state index < -0.39 is 28.0 Å². The third-order valence-corrected chi connectivity index (χ3v) is 10.8. The number of rotatable bonds is 4. The van der Waals surface area contributed by atoms with Gasteiger partial charge in [-0.05, 0) is 44.7 Å². The summed E-state index contributed by atoms with van der Waals surface area (Å²) in [6.07, 6.45) is 0.132. The fourth-order valence-corrected chi connectivity index (χ4v) is 5.65. The summed E-state index contributed by atoms with van der Waals surface area (Å²) in [5.74, 6) is -1.16. The predicted molar refractivity (Wildman–Crippen MR) is 100 cm³/mol. The number of aliphatic hydroxyl groups is 1. The molecule has 1 unspecified atom stereocenters. The maximum Gasteiger partial charge on any atom is 0.192 e. The Hall–Kier alpha value is 0.234. The molecule has 0 aliphatic carbocycles. The van der Waals surface area contributed by atoms with Crippen molar-refractivity contribution in [3.05, 3.63) is 0 Å². The van der Waals surface area contributed by atoms with E-state index in [-0.39, 0.29) is 17.2 Å². The molecule has 0 amide bonds. The standard InChI is InChI=1S/C17H36O5Si2/c1-15(2,3)24(8,9)22-14-13(21-23(5,6)7)10-19-17(14)11-16(4,18)20-12-17/h13-14,18H,10-12H2,1-9H3/t13-,14+,16?,17+/m1/s1. The zero-order valence-corrected chi connectivity index (χ0v) is 18.9. The van der Waals surface area contributed by atoms with Gasteiger partial charge in [0.1, 0.15) is 11.7 Å². The van der Waals surface area contributed by atoms with Gasteiger partial charge < -0.3 is 23.4 Å². The zero-order chi connectivity index (χ0) is 18.6. The van der Waals surface area contributed by atoms with Gasteiger partial charge in [0.05, 0.1) is 19.3 Å². The smallest absolute Gasteiger partial charge is 0.192 e. The predicted octanol–water partition coefficient (Wildman–Crippen LogP) is 3.49. The first-order chi connectivity index (χ1) is 10.6. The van der Waals surface area contributed by atoms with Crippen molar-refractivity contribution in [1.29, 1.82) is 0 Å². The molecule has 0 bridgehead atoms. The Morgan fingerprint density at radius 1 is 1.04 bits per heavy atom. The molecule has 0 radical (unpaired) electrons. The zero-order valence-electron chi connectivity index (χ0n) is 16.9. The lowest BCUT2D eigenvalue weighted by Gasteiger charge is -2.43. The molecule has 4 atom stereocenters. The Morgan fingerprint density at radius 2 is 1.62 bits per heavy atom. The summed E-state index contributed by atoms with van der Waals surface area (Å²) >= 11 is 0. The lowest BCUT2D eigenvalue weighted by molar-refractivity contribution is -0.155. The van der Waals surface area contributed by atoms with Gasteiger partial charge in [-0.2, -0.15) is 0 Å². The van der Waals surface area contributed by atoms with Crippen molar-refractivity contribution in [1.82, 2.24) is 0 Å². The SMILES string of the molecule is CC1(O)C[C@@]2(CO1)OC[C@@H](O[Si](C)(C)C)[C@@H]2O[Si](C)(C)C(C)(C)C. The van der Waals surface area contributed by atoms with Crippen LogP contribution in [0.5, 0.6) is 0 Å². The molecule has 24 heavy (non-hydrogen) atoms. The molecule has 0 aromatic carbocycles. The van der Waals surface area contributed by atoms with E-state index in [4.69, 9.17) is 18.3 Å². The molecule has 142 valence electrons. The van der Waals surface area contributed by atoms with Gasteiger partial charge in [-0.1, -0.05) is 20.8 Å². The van der Waals surface area contributed by atoms with Gasteiger partial charge in [0.2, 0.25) is 0 Å². The van der Waals surface area contributed by atoms with Gasteiger partial charge in [-0.3, -0.25) is 0 Å². The van der Waals surface area contributed by atoms with Crippen molar-refractivity contribution in [2.24, 2.45) is 0 Å². The monoisotopic (exact) mass is 376 g/mol. The first-order valence-corrected chi connectivity index (χ1v) is 15.2. The van der Waals surface area contributed by atoms with E-state index in [2.05, 4.69) is 53.5 Å². The van der Waals surface area contributed by atoms with Crippen LogP contribution in [-0.4, -0.2) is 58.6 Å². The van der Waals surface area contributed by atoms with Crippen LogP contribution in [0.15, 0.2) is 0 Å². The number of hydrogen-bond acceptors (Lipinski definition) is 5. The molecular weight excluding hydrogens is 340 g/mol. The lowest BCUT2D eigenvalue weighted by atomic mass is 9.92. The highest BCUT2D eigenvalue weighted by atomic mass is 28.4. The second-order valence-corrected chi connectivity index (χ2v) is 19.3. The number of ether oxygens (including phenoxy) is 2. The highest BCUT2D eigenvalue weighted by Gasteiger charge is 2.61. The van der Waals surface area contributed by atoms with Crippen molar-refractivity contribution >= 4 is 16.6 Å². The normalized spacial score (nSPS) is 38.2. The molecule has 1 spiro atoms. The van der Waals surface area contributed by atoms with Crippen LogP contribution in [0, 0.1) is 0 Å². The average molecular weight is 377 g/mol. The van der Waals surface area contributed by atoms with E-state index in [1.807, 2.05) is 0 Å². The first kappa shape index (κ1) is 20.5. The largest absolute Gasteiger partial charge is 0.410 e. The minimum atomic E-state index is -2.01. The maximum atomic E-state index is 10.3. The van der Waals surface area contributed by atoms with E-state index in [1.54, 1.807) is 6.92 Å². The molecule has 0 saturated carbocycles. The van der Waals surface area contributed by atoms with E-state index in [0.717, 1.165) is 0 Å². The Labute approximate surface area is 149 Å². The summed E-state index contributed by atoms with van der Waals surface area (Å²) in [6.45, 7) is 20.3. The van der Waals surface area contributed by atoms with Crippen molar-refractivity contribution in [3.8, 4) is 0 Å². The van der Waals surface area contributed by atoms with Gasteiger partial charge >= 0.3 is 0 Å². The van der Waals surface area contributed by atoms with Gasteiger partial charge in [0.25, 0.3) is 0 Å². The second-order valence-electron chi connectivity index (χ2n) is 10.1. The maximum absolute atomic E-state index is 10.3. The summed E-state index contributed by atoms with van der Waals surface area (Å²) in [6, 6.07) is 0. The van der Waals surface area contributed by atoms with Crippen LogP contribution in [0.1, 0.15) is 34.1 Å². The van der Waals surface area contributed by atoms with Crippen LogP contribution in [0.2, 0.25) is 37.8 Å². The van der Waals surface area contributed by atoms with Crippen LogP contribution in [0.3, 0.4) is 0 Å². The van der Waals surface area contributed by atoms with Crippen LogP contribution in [0.25, 0.3) is 0 Å². The average Bonchev–Trinajstić information content (AvgIpc) is 2.80. The van der Waals surface area contributed by atoms with Gasteiger partial charge in [0.15, 0.2) is 22.4 Å². The van der Waals surface area contributed by atoms with Crippen molar-refractivity contribution in [3.63, 3.8) is 0 Å². The molecular formula is C17H36O5Si2. The fourth-order valence-electron chi connectivity index (χ4n) is 3.19. The number of hydrogen-bond donors (Lipinski definition) is 1. The molecule has 7 heteroatoms. The Kier molecular flexibility index (Phi) is 5.26. The minimum absolute atomic E-state index is 0.0942. The molecule has 2 heterocycles. The van der Waals surface area contributed by atoms with Crippen LogP contribution < -0.4 is 0 Å².